The van der Waals surface area contributed by atoms with E-state index in [1.54, 1.807) is 18.2 Å². The van der Waals surface area contributed by atoms with Gasteiger partial charge in [0.25, 0.3) is 5.69 Å². The molecule has 0 aliphatic carbocycles. The molecular formula is C14H11NO5S. The van der Waals surface area contributed by atoms with Gasteiger partial charge in [-0.05, 0) is 24.3 Å². The molecule has 108 valence electrons. The maximum Gasteiger partial charge on any atom is 0.287 e. The van der Waals surface area contributed by atoms with Crippen LogP contribution < -0.4 is 9.47 Å². The van der Waals surface area contributed by atoms with Gasteiger partial charge < -0.3 is 14.6 Å². The molecular weight excluding hydrogens is 294 g/mol. The largest absolute Gasteiger partial charge is 0.508 e. The second-order valence-corrected chi connectivity index (χ2v) is 5.43. The molecule has 0 saturated carbocycles. The minimum absolute atomic E-state index is 0.0303. The van der Waals surface area contributed by atoms with E-state index in [4.69, 9.17) is 9.47 Å². The van der Waals surface area contributed by atoms with Crippen LogP contribution in [0.25, 0.3) is 0 Å². The van der Waals surface area contributed by atoms with Crippen LogP contribution in [0.15, 0.2) is 46.2 Å². The monoisotopic (exact) mass is 305 g/mol. The quantitative estimate of drug-likeness (QED) is 0.692. The van der Waals surface area contributed by atoms with E-state index in [0.717, 1.165) is 4.90 Å². The number of fused-ring (bicyclic) bond motifs is 1. The van der Waals surface area contributed by atoms with Crippen molar-refractivity contribution in [3.63, 3.8) is 0 Å². The number of benzene rings is 2. The standard InChI is InChI=1S/C14H11NO5S/c16-9-1-3-10(4-2-9)21-14-8-13-12(19-5-6-20-13)7-11(14)15(17)18/h1-4,7-8,16H,5-6H2. The lowest BCUT2D eigenvalue weighted by Gasteiger charge is -2.18. The molecule has 0 spiro atoms. The molecule has 0 unspecified atom stereocenters. The summed E-state index contributed by atoms with van der Waals surface area (Å²) in [6, 6.07) is 9.46. The van der Waals surface area contributed by atoms with Gasteiger partial charge >= 0.3 is 0 Å². The maximum atomic E-state index is 11.2. The summed E-state index contributed by atoms with van der Waals surface area (Å²) in [5, 5.41) is 20.5. The van der Waals surface area contributed by atoms with E-state index >= 15 is 0 Å². The summed E-state index contributed by atoms with van der Waals surface area (Å²) in [5.41, 5.74) is -0.0303. The number of nitro benzene ring substituents is 1. The van der Waals surface area contributed by atoms with Crippen LogP contribution in [0.2, 0.25) is 0 Å². The molecule has 0 bridgehead atoms. The Balaban J connectivity index is 1.99. The number of ether oxygens (including phenoxy) is 2. The second kappa shape index (κ2) is 5.53. The number of phenols is 1. The van der Waals surface area contributed by atoms with Gasteiger partial charge in [-0.1, -0.05) is 11.8 Å². The van der Waals surface area contributed by atoms with Crippen LogP contribution in [0.5, 0.6) is 17.2 Å². The number of hydrogen-bond donors (Lipinski definition) is 1. The highest BCUT2D eigenvalue weighted by atomic mass is 32.2. The Morgan fingerprint density at radius 3 is 2.33 bits per heavy atom. The number of hydrogen-bond acceptors (Lipinski definition) is 6. The summed E-state index contributed by atoms with van der Waals surface area (Å²) in [5.74, 6) is 1.05. The summed E-state index contributed by atoms with van der Waals surface area (Å²) >= 11 is 1.24. The van der Waals surface area contributed by atoms with Gasteiger partial charge in [-0.2, -0.15) is 0 Å². The molecule has 0 aromatic heterocycles. The first-order valence-corrected chi connectivity index (χ1v) is 7.00. The van der Waals surface area contributed by atoms with Crippen LogP contribution in [0.3, 0.4) is 0 Å². The first-order chi connectivity index (χ1) is 10.1. The van der Waals surface area contributed by atoms with Gasteiger partial charge in [0, 0.05) is 11.0 Å². The van der Waals surface area contributed by atoms with Gasteiger partial charge in [-0.15, -0.1) is 0 Å². The van der Waals surface area contributed by atoms with Crippen molar-refractivity contribution < 1.29 is 19.5 Å². The normalized spacial score (nSPS) is 13.0. The van der Waals surface area contributed by atoms with E-state index in [9.17, 15) is 15.2 Å². The van der Waals surface area contributed by atoms with Gasteiger partial charge in [0.1, 0.15) is 19.0 Å². The number of phenolic OH excluding ortho intramolecular Hbond substituents is 1. The SMILES string of the molecule is O=[N+]([O-])c1cc2c(cc1Sc1ccc(O)cc1)OCCO2. The molecule has 1 aliphatic heterocycles. The first-order valence-electron chi connectivity index (χ1n) is 6.18. The van der Waals surface area contributed by atoms with E-state index in [1.807, 2.05) is 0 Å². The molecule has 7 heteroatoms. The first kappa shape index (κ1) is 13.6. The summed E-state index contributed by atoms with van der Waals surface area (Å²) in [6.07, 6.45) is 0. The molecule has 0 atom stereocenters. The van der Waals surface area contributed by atoms with Crippen molar-refractivity contribution in [1.29, 1.82) is 0 Å². The highest BCUT2D eigenvalue weighted by molar-refractivity contribution is 7.99. The lowest BCUT2D eigenvalue weighted by atomic mass is 10.2. The van der Waals surface area contributed by atoms with Crippen LogP contribution in [0.4, 0.5) is 5.69 Å². The number of rotatable bonds is 3. The lowest BCUT2D eigenvalue weighted by Crippen LogP contribution is -2.15. The average molecular weight is 305 g/mol. The second-order valence-electron chi connectivity index (χ2n) is 4.32. The molecule has 0 saturated heterocycles. The van der Waals surface area contributed by atoms with Crippen molar-refractivity contribution in [2.24, 2.45) is 0 Å². The molecule has 6 nitrogen and oxygen atoms in total. The summed E-state index contributed by atoms with van der Waals surface area (Å²) < 4.78 is 10.8. The Morgan fingerprint density at radius 1 is 1.10 bits per heavy atom. The van der Waals surface area contributed by atoms with E-state index in [0.29, 0.717) is 29.6 Å². The average Bonchev–Trinajstić information content (AvgIpc) is 2.48. The summed E-state index contributed by atoms with van der Waals surface area (Å²) in [6.45, 7) is 0.808. The van der Waals surface area contributed by atoms with Crippen molar-refractivity contribution in [3.05, 3.63) is 46.5 Å². The van der Waals surface area contributed by atoms with Crippen LogP contribution in [-0.4, -0.2) is 23.2 Å². The Bertz CT molecular complexity index is 687. The van der Waals surface area contributed by atoms with Crippen LogP contribution in [0, 0.1) is 10.1 Å². The molecule has 21 heavy (non-hydrogen) atoms. The molecule has 2 aromatic rings. The van der Waals surface area contributed by atoms with Crippen molar-refractivity contribution in [2.45, 2.75) is 9.79 Å². The smallest absolute Gasteiger partial charge is 0.287 e. The van der Waals surface area contributed by atoms with Gasteiger partial charge in [0.05, 0.1) is 15.9 Å². The maximum absolute atomic E-state index is 11.2. The molecule has 0 radical (unpaired) electrons. The van der Waals surface area contributed by atoms with Gasteiger partial charge in [0.15, 0.2) is 11.5 Å². The Hall–Kier alpha value is -2.41. The third kappa shape index (κ3) is 2.87. The van der Waals surface area contributed by atoms with Gasteiger partial charge in [-0.25, -0.2) is 0 Å². The third-order valence-corrected chi connectivity index (χ3v) is 3.94. The summed E-state index contributed by atoms with van der Waals surface area (Å²) in [7, 11) is 0. The lowest BCUT2D eigenvalue weighted by molar-refractivity contribution is -0.387. The number of nitro groups is 1. The minimum Gasteiger partial charge on any atom is -0.508 e. The Labute approximate surface area is 124 Å². The third-order valence-electron chi connectivity index (χ3n) is 2.88. The fraction of sp³-hybridized carbons (Fsp3) is 0.143. The van der Waals surface area contributed by atoms with Crippen molar-refractivity contribution in [1.82, 2.24) is 0 Å². The highest BCUT2D eigenvalue weighted by Crippen LogP contribution is 2.43. The highest BCUT2D eigenvalue weighted by Gasteiger charge is 2.22. The molecule has 1 heterocycles. The zero-order valence-electron chi connectivity index (χ0n) is 10.8. The van der Waals surface area contributed by atoms with E-state index in [2.05, 4.69) is 0 Å². The molecule has 1 aliphatic rings. The number of aromatic hydroxyl groups is 1. The van der Waals surface area contributed by atoms with Crippen molar-refractivity contribution in [2.75, 3.05) is 13.2 Å². The molecule has 3 rings (SSSR count). The fourth-order valence-corrected chi connectivity index (χ4v) is 2.86. The molecule has 1 N–H and O–H groups in total. The molecule has 2 aromatic carbocycles. The fourth-order valence-electron chi connectivity index (χ4n) is 1.92. The zero-order chi connectivity index (χ0) is 14.8. The van der Waals surface area contributed by atoms with E-state index in [-0.39, 0.29) is 11.4 Å². The Morgan fingerprint density at radius 2 is 1.71 bits per heavy atom. The van der Waals surface area contributed by atoms with Gasteiger partial charge in [-0.3, -0.25) is 10.1 Å². The Kier molecular flexibility index (Phi) is 3.57. The zero-order valence-corrected chi connectivity index (χ0v) is 11.6. The van der Waals surface area contributed by atoms with E-state index in [1.165, 1.54) is 30.0 Å². The minimum atomic E-state index is -0.443. The van der Waals surface area contributed by atoms with E-state index < -0.39 is 4.92 Å². The van der Waals surface area contributed by atoms with Crippen LogP contribution in [0.1, 0.15) is 0 Å². The summed E-state index contributed by atoms with van der Waals surface area (Å²) in [4.78, 5) is 12.0. The molecule has 0 fully saturated rings. The molecule has 0 amide bonds. The van der Waals surface area contributed by atoms with Crippen LogP contribution in [-0.2, 0) is 0 Å². The van der Waals surface area contributed by atoms with Gasteiger partial charge in [0.2, 0.25) is 0 Å². The number of nitrogens with zero attached hydrogens (tertiary/aromatic N) is 1. The van der Waals surface area contributed by atoms with Crippen molar-refractivity contribution in [3.8, 4) is 17.2 Å². The topological polar surface area (TPSA) is 81.8 Å². The predicted octanol–water partition coefficient (Wildman–Crippen LogP) is 3.22. The van der Waals surface area contributed by atoms with Crippen molar-refractivity contribution >= 4 is 17.4 Å². The van der Waals surface area contributed by atoms with Crippen LogP contribution >= 0.6 is 11.8 Å². The predicted molar refractivity (Wildman–Crippen MR) is 76.3 cm³/mol.